The first-order valence-corrected chi connectivity index (χ1v) is 13.8. The summed E-state index contributed by atoms with van der Waals surface area (Å²) in [5.41, 5.74) is 4.74. The topological polar surface area (TPSA) is 85.6 Å². The highest BCUT2D eigenvalue weighted by atomic mass is 16.5. The summed E-state index contributed by atoms with van der Waals surface area (Å²) in [6.45, 7) is 9.34. The third-order valence-electron chi connectivity index (χ3n) is 7.95. The van der Waals surface area contributed by atoms with Crippen molar-refractivity contribution in [2.24, 2.45) is 0 Å². The Kier molecular flexibility index (Phi) is 7.97. The smallest absolute Gasteiger partial charge is 0.318 e. The average molecular weight is 525 g/mol. The van der Waals surface area contributed by atoms with Crippen molar-refractivity contribution in [3.63, 3.8) is 0 Å². The number of benzene rings is 2. The molecule has 1 aromatic heterocycles. The largest absolute Gasteiger partial charge is 0.467 e. The Morgan fingerprint density at radius 1 is 1.10 bits per heavy atom. The molecule has 0 radical (unpaired) electrons. The zero-order valence-corrected chi connectivity index (χ0v) is 22.9. The van der Waals surface area contributed by atoms with Crippen LogP contribution in [0.3, 0.4) is 0 Å². The van der Waals surface area contributed by atoms with Crippen LogP contribution in [-0.2, 0) is 17.6 Å². The van der Waals surface area contributed by atoms with Crippen molar-refractivity contribution in [2.75, 3.05) is 49.6 Å². The number of nitriles is 1. The lowest BCUT2D eigenvalue weighted by Gasteiger charge is -2.41. The van der Waals surface area contributed by atoms with Gasteiger partial charge in [-0.3, -0.25) is 4.79 Å². The second-order valence-corrected chi connectivity index (χ2v) is 10.3. The molecule has 1 saturated heterocycles. The molecular formula is C31H36N6O2. The van der Waals surface area contributed by atoms with Crippen molar-refractivity contribution in [1.82, 2.24) is 14.9 Å². The summed E-state index contributed by atoms with van der Waals surface area (Å²) < 4.78 is 5.56. The molecule has 1 atom stereocenters. The van der Waals surface area contributed by atoms with Crippen LogP contribution in [0.2, 0.25) is 0 Å². The fraction of sp³-hybridized carbons (Fsp3) is 0.419. The number of carbonyl (C=O) groups is 1. The van der Waals surface area contributed by atoms with E-state index in [4.69, 9.17) is 14.7 Å². The lowest BCUT2D eigenvalue weighted by Crippen LogP contribution is -2.55. The summed E-state index contributed by atoms with van der Waals surface area (Å²) in [5.74, 6) is 0.741. The van der Waals surface area contributed by atoms with Crippen molar-refractivity contribution in [3.05, 3.63) is 65.9 Å². The number of methoxy groups -OCH3 is 1. The van der Waals surface area contributed by atoms with Gasteiger partial charge in [-0.2, -0.15) is 15.2 Å². The average Bonchev–Trinajstić information content (AvgIpc) is 3.07. The number of hydrogen-bond acceptors (Lipinski definition) is 7. The van der Waals surface area contributed by atoms with Crippen LogP contribution in [-0.4, -0.2) is 66.7 Å². The van der Waals surface area contributed by atoms with E-state index in [0.29, 0.717) is 25.6 Å². The number of aromatic nitrogens is 2. The first-order chi connectivity index (χ1) is 19.0. The predicted molar refractivity (Wildman–Crippen MR) is 154 cm³/mol. The fourth-order valence-corrected chi connectivity index (χ4v) is 6.01. The van der Waals surface area contributed by atoms with Crippen LogP contribution in [0.4, 0.5) is 11.5 Å². The van der Waals surface area contributed by atoms with Crippen LogP contribution in [0.5, 0.6) is 6.01 Å². The highest BCUT2D eigenvalue weighted by Crippen LogP contribution is 2.33. The molecule has 1 fully saturated rings. The molecule has 202 valence electrons. The van der Waals surface area contributed by atoms with Crippen LogP contribution in [0.25, 0.3) is 10.8 Å². The van der Waals surface area contributed by atoms with Gasteiger partial charge < -0.3 is 19.4 Å². The first kappa shape index (κ1) is 26.5. The van der Waals surface area contributed by atoms with Gasteiger partial charge in [-0.15, -0.1) is 0 Å². The fourth-order valence-electron chi connectivity index (χ4n) is 6.01. The molecule has 2 aliphatic rings. The molecule has 0 spiro atoms. The number of amides is 1. The van der Waals surface area contributed by atoms with Gasteiger partial charge in [0.25, 0.3) is 0 Å². The van der Waals surface area contributed by atoms with E-state index < -0.39 is 0 Å². The molecule has 0 saturated carbocycles. The van der Waals surface area contributed by atoms with Gasteiger partial charge in [0.1, 0.15) is 5.82 Å². The van der Waals surface area contributed by atoms with E-state index in [9.17, 15) is 10.1 Å². The second-order valence-electron chi connectivity index (χ2n) is 10.3. The summed E-state index contributed by atoms with van der Waals surface area (Å²) in [6, 6.07) is 15.4. The molecule has 2 aromatic carbocycles. The summed E-state index contributed by atoms with van der Waals surface area (Å²) in [6.07, 6.45) is 5.33. The Morgan fingerprint density at radius 3 is 2.69 bits per heavy atom. The molecule has 39 heavy (non-hydrogen) atoms. The minimum Gasteiger partial charge on any atom is -0.467 e. The van der Waals surface area contributed by atoms with E-state index in [1.54, 1.807) is 12.0 Å². The normalized spacial score (nSPS) is 18.0. The predicted octanol–water partition coefficient (Wildman–Crippen LogP) is 4.45. The van der Waals surface area contributed by atoms with Crippen LogP contribution in [0, 0.1) is 18.3 Å². The number of piperazine rings is 1. The minimum absolute atomic E-state index is 0.134. The number of carbonyl (C=O) groups excluding carboxylic acids is 1. The molecule has 5 rings (SSSR count). The first-order valence-electron chi connectivity index (χ1n) is 13.8. The maximum Gasteiger partial charge on any atom is 0.318 e. The number of hydrogen-bond donors (Lipinski definition) is 0. The number of aryl methyl sites for hydroxylation is 1. The number of nitrogens with zero attached hydrogens (tertiary/aromatic N) is 6. The molecule has 3 aromatic rings. The van der Waals surface area contributed by atoms with Crippen LogP contribution >= 0.6 is 0 Å². The Bertz CT molecular complexity index is 1410. The van der Waals surface area contributed by atoms with Gasteiger partial charge in [-0.05, 0) is 49.3 Å². The molecule has 0 aliphatic carbocycles. The van der Waals surface area contributed by atoms with E-state index in [1.807, 2.05) is 0 Å². The van der Waals surface area contributed by atoms with Gasteiger partial charge in [0.05, 0.1) is 31.3 Å². The number of fused-ring (bicyclic) bond motifs is 2. The monoisotopic (exact) mass is 524 g/mol. The standard InChI is InChI=1S/C31H36N6O2/c1-4-28(38)37-20-19-36(21-24(37)14-16-32)30-25-12-5-6-17-35(18-15-26(25)33-31(34-30)39-3)27-13-8-11-23-10-7-9-22(2)29(23)27/h4,7-11,13,24H,1,5-6,12,14-15,17-21H2,2-3H3/t24-/m0/s1. The number of ether oxygens (including phenoxy) is 1. The summed E-state index contributed by atoms with van der Waals surface area (Å²) >= 11 is 0. The zero-order valence-electron chi connectivity index (χ0n) is 22.9. The molecule has 0 bridgehead atoms. The highest BCUT2D eigenvalue weighted by Gasteiger charge is 2.32. The number of rotatable bonds is 5. The molecular weight excluding hydrogens is 488 g/mol. The molecule has 2 aliphatic heterocycles. The summed E-state index contributed by atoms with van der Waals surface area (Å²) in [4.78, 5) is 28.5. The third kappa shape index (κ3) is 5.40. The highest BCUT2D eigenvalue weighted by molar-refractivity contribution is 5.96. The van der Waals surface area contributed by atoms with E-state index >= 15 is 0 Å². The minimum atomic E-state index is -0.215. The van der Waals surface area contributed by atoms with Crippen molar-refractivity contribution in [3.8, 4) is 12.1 Å². The summed E-state index contributed by atoms with van der Waals surface area (Å²) in [7, 11) is 1.60. The Hall–Kier alpha value is -4.12. The zero-order chi connectivity index (χ0) is 27.4. The molecule has 8 nitrogen and oxygen atoms in total. The maximum absolute atomic E-state index is 12.4. The van der Waals surface area contributed by atoms with E-state index in [0.717, 1.165) is 55.8 Å². The Labute approximate surface area is 230 Å². The molecule has 3 heterocycles. The van der Waals surface area contributed by atoms with Crippen LogP contribution < -0.4 is 14.5 Å². The lowest BCUT2D eigenvalue weighted by molar-refractivity contribution is -0.128. The van der Waals surface area contributed by atoms with Crippen molar-refractivity contribution in [2.45, 2.75) is 45.1 Å². The third-order valence-corrected chi connectivity index (χ3v) is 7.95. The Morgan fingerprint density at radius 2 is 1.92 bits per heavy atom. The quantitative estimate of drug-likeness (QED) is 0.456. The van der Waals surface area contributed by atoms with Crippen LogP contribution in [0.15, 0.2) is 49.1 Å². The van der Waals surface area contributed by atoms with Crippen molar-refractivity contribution < 1.29 is 9.53 Å². The number of anilines is 2. The van der Waals surface area contributed by atoms with Gasteiger partial charge in [0.2, 0.25) is 5.91 Å². The Balaban J connectivity index is 1.47. The van der Waals surface area contributed by atoms with Gasteiger partial charge in [0, 0.05) is 55.8 Å². The van der Waals surface area contributed by atoms with Crippen molar-refractivity contribution >= 4 is 28.2 Å². The maximum atomic E-state index is 12.4. The van der Waals surface area contributed by atoms with Gasteiger partial charge in [-0.25, -0.2) is 0 Å². The van der Waals surface area contributed by atoms with E-state index in [1.165, 1.54) is 28.1 Å². The van der Waals surface area contributed by atoms with Gasteiger partial charge in [0.15, 0.2) is 0 Å². The molecule has 8 heteroatoms. The van der Waals surface area contributed by atoms with Gasteiger partial charge >= 0.3 is 6.01 Å². The van der Waals surface area contributed by atoms with E-state index in [-0.39, 0.29) is 18.4 Å². The van der Waals surface area contributed by atoms with Gasteiger partial charge in [-0.1, -0.05) is 36.9 Å². The molecule has 1 amide bonds. The molecule has 0 N–H and O–H groups in total. The summed E-state index contributed by atoms with van der Waals surface area (Å²) in [5, 5.41) is 12.0. The lowest BCUT2D eigenvalue weighted by atomic mass is 10.0. The SMILES string of the molecule is C=CC(=O)N1CCN(c2nc(OC)nc3c2CCCCN(c2cccc4cccc(C)c24)CC3)C[C@@H]1CC#N. The van der Waals surface area contributed by atoms with E-state index in [2.05, 4.69) is 65.8 Å². The van der Waals surface area contributed by atoms with Crippen LogP contribution in [0.1, 0.15) is 36.1 Å². The van der Waals surface area contributed by atoms with Crippen molar-refractivity contribution in [1.29, 1.82) is 5.26 Å². The molecule has 0 unspecified atom stereocenters. The second kappa shape index (κ2) is 11.7.